The Morgan fingerprint density at radius 3 is 1.73 bits per heavy atom. The van der Waals surface area contributed by atoms with Crippen LogP contribution in [0.5, 0.6) is 0 Å². The molecule has 21 nitrogen and oxygen atoms in total. The summed E-state index contributed by atoms with van der Waals surface area (Å²) in [6.07, 6.45) is -18.4. The van der Waals surface area contributed by atoms with E-state index in [1.54, 1.807) is 0 Å². The molecule has 4 saturated heterocycles. The maximum atomic E-state index is 12.8. The average molecular weight is 711 g/mol. The molecule has 1 saturated carbocycles. The number of carbonyl (C=O) groups excluding carboxylic acids is 1. The second-order valence-electron chi connectivity index (χ2n) is 13.5. The Kier molecular flexibility index (Phi) is 13.2. The fraction of sp³-hybridized carbons (Fsp3) is 0.964. The van der Waals surface area contributed by atoms with E-state index in [1.807, 2.05) is 0 Å². The van der Waals surface area contributed by atoms with E-state index in [4.69, 9.17) is 62.8 Å². The van der Waals surface area contributed by atoms with E-state index in [2.05, 4.69) is 10.6 Å². The van der Waals surface area contributed by atoms with Gasteiger partial charge in [0.25, 0.3) is 0 Å². The van der Waals surface area contributed by atoms with Crippen molar-refractivity contribution < 1.29 is 63.9 Å². The standard InChI is InChI=1S/C28H54N8O13/c29-5-11-17(38)19(40)14(33)26(44-11)47-22-9(32)4-8(31)16(37)24(22)49-28-21(42)23(13(46-28)7-36-25(43)10-2-1-3-35-10)48-27-15(34)20(41)18(39)12(6-30)45-27/h8-24,26-28,35,37-42H,1-7,29-34H2,(H,36,43)/t8-,9+,10+,11-,12+,13-,14-,15-,16+,17-,18-,19-,20-,21-,22-,23-,24-,26-,27-,28+/m1/s1. The van der Waals surface area contributed by atoms with Gasteiger partial charge in [-0.1, -0.05) is 0 Å². The molecular formula is C28H54N8O13. The van der Waals surface area contributed by atoms with Crippen LogP contribution in [0.25, 0.3) is 0 Å². The minimum atomic E-state index is -1.61. The van der Waals surface area contributed by atoms with Gasteiger partial charge in [-0.05, 0) is 25.8 Å². The van der Waals surface area contributed by atoms with Gasteiger partial charge in [0.2, 0.25) is 5.91 Å². The van der Waals surface area contributed by atoms with Crippen molar-refractivity contribution >= 4 is 5.91 Å². The van der Waals surface area contributed by atoms with E-state index in [-0.39, 0.29) is 32.0 Å². The van der Waals surface area contributed by atoms with E-state index < -0.39 is 122 Å². The highest BCUT2D eigenvalue weighted by Gasteiger charge is 2.54. The third kappa shape index (κ3) is 8.20. The molecule has 20 atom stereocenters. The summed E-state index contributed by atoms with van der Waals surface area (Å²) in [7, 11) is 0. The first kappa shape index (κ1) is 38.9. The van der Waals surface area contributed by atoms with Crippen LogP contribution >= 0.6 is 0 Å². The lowest BCUT2D eigenvalue weighted by atomic mass is 9.84. The number of aliphatic hydroxyl groups excluding tert-OH is 6. The van der Waals surface area contributed by atoms with Crippen LogP contribution in [0.15, 0.2) is 0 Å². The van der Waals surface area contributed by atoms with Crippen LogP contribution in [-0.4, -0.2) is 185 Å². The van der Waals surface area contributed by atoms with E-state index >= 15 is 0 Å². The fourth-order valence-electron chi connectivity index (χ4n) is 6.99. The Morgan fingerprint density at radius 1 is 0.673 bits per heavy atom. The molecule has 49 heavy (non-hydrogen) atoms. The molecule has 21 heteroatoms. The zero-order chi connectivity index (χ0) is 35.7. The highest BCUT2D eigenvalue weighted by Crippen LogP contribution is 2.34. The molecule has 1 amide bonds. The van der Waals surface area contributed by atoms with E-state index in [0.717, 1.165) is 6.42 Å². The predicted molar refractivity (Wildman–Crippen MR) is 165 cm³/mol. The molecule has 284 valence electrons. The Balaban J connectivity index is 1.35. The van der Waals surface area contributed by atoms with Crippen LogP contribution in [0.1, 0.15) is 19.3 Å². The Bertz CT molecular complexity index is 1080. The summed E-state index contributed by atoms with van der Waals surface area (Å²) in [5.41, 5.74) is 36.2. The topological polar surface area (TPSA) is 374 Å². The third-order valence-corrected chi connectivity index (χ3v) is 10.0. The number of carbonyl (C=O) groups is 1. The van der Waals surface area contributed by atoms with Crippen LogP contribution in [0, 0.1) is 0 Å². The molecule has 4 aliphatic heterocycles. The minimum Gasteiger partial charge on any atom is -0.389 e. The quantitative estimate of drug-likeness (QED) is 0.0946. The van der Waals surface area contributed by atoms with Crippen molar-refractivity contribution in [2.24, 2.45) is 34.4 Å². The molecule has 0 aromatic carbocycles. The number of amides is 1. The third-order valence-electron chi connectivity index (χ3n) is 10.0. The van der Waals surface area contributed by atoms with Gasteiger partial charge >= 0.3 is 0 Å². The van der Waals surface area contributed by atoms with Gasteiger partial charge in [-0.2, -0.15) is 0 Å². The second-order valence-corrected chi connectivity index (χ2v) is 13.5. The second kappa shape index (κ2) is 16.6. The number of ether oxygens (including phenoxy) is 6. The lowest BCUT2D eigenvalue weighted by Crippen LogP contribution is -2.68. The zero-order valence-corrected chi connectivity index (χ0v) is 27.0. The zero-order valence-electron chi connectivity index (χ0n) is 27.0. The first-order valence-electron chi connectivity index (χ1n) is 16.7. The molecule has 0 spiro atoms. The van der Waals surface area contributed by atoms with Crippen molar-refractivity contribution in [2.45, 2.75) is 142 Å². The number of aliphatic hydroxyl groups is 6. The highest BCUT2D eigenvalue weighted by molar-refractivity contribution is 5.82. The Labute approximate surface area is 282 Å². The van der Waals surface area contributed by atoms with E-state index in [0.29, 0.717) is 13.0 Å². The van der Waals surface area contributed by atoms with E-state index in [1.165, 1.54) is 0 Å². The summed E-state index contributed by atoms with van der Waals surface area (Å²) < 4.78 is 35.8. The molecule has 0 unspecified atom stereocenters. The lowest BCUT2D eigenvalue weighted by Gasteiger charge is -2.47. The highest BCUT2D eigenvalue weighted by atomic mass is 16.8. The monoisotopic (exact) mass is 710 g/mol. The molecule has 0 radical (unpaired) electrons. The fourth-order valence-corrected chi connectivity index (χ4v) is 6.99. The molecule has 5 aliphatic rings. The summed E-state index contributed by atoms with van der Waals surface area (Å²) in [5, 5.41) is 70.2. The van der Waals surface area contributed by atoms with Gasteiger partial charge in [0.1, 0.15) is 67.1 Å². The molecule has 0 aromatic rings. The van der Waals surface area contributed by atoms with Gasteiger partial charge in [-0.25, -0.2) is 0 Å². The molecule has 5 fully saturated rings. The number of rotatable bonds is 11. The van der Waals surface area contributed by atoms with E-state index in [9.17, 15) is 35.4 Å². The van der Waals surface area contributed by atoms with Gasteiger partial charge in [-0.3, -0.25) is 4.79 Å². The first-order chi connectivity index (χ1) is 23.3. The number of nitrogens with one attached hydrogen (secondary N) is 2. The summed E-state index contributed by atoms with van der Waals surface area (Å²) in [6.45, 7) is 0.186. The Hall–Kier alpha value is -1.29. The molecular weight excluding hydrogens is 656 g/mol. The maximum Gasteiger partial charge on any atom is 0.237 e. The summed E-state index contributed by atoms with van der Waals surface area (Å²) in [6, 6.07) is -4.67. The number of hydrogen-bond donors (Lipinski definition) is 14. The molecule has 4 heterocycles. The van der Waals surface area contributed by atoms with Crippen molar-refractivity contribution in [1.82, 2.24) is 10.6 Å². The molecule has 20 N–H and O–H groups in total. The summed E-state index contributed by atoms with van der Waals surface area (Å²) in [5.74, 6) is -0.300. The largest absolute Gasteiger partial charge is 0.389 e. The first-order valence-corrected chi connectivity index (χ1v) is 16.7. The van der Waals surface area contributed by atoms with Crippen molar-refractivity contribution in [2.75, 3.05) is 26.2 Å². The molecule has 0 aromatic heterocycles. The minimum absolute atomic E-state index is 0.0796. The number of nitrogens with two attached hydrogens (primary N) is 6. The summed E-state index contributed by atoms with van der Waals surface area (Å²) in [4.78, 5) is 12.8. The lowest BCUT2D eigenvalue weighted by molar-refractivity contribution is -0.306. The van der Waals surface area contributed by atoms with Gasteiger partial charge in [-0.15, -0.1) is 0 Å². The summed E-state index contributed by atoms with van der Waals surface area (Å²) >= 11 is 0. The van der Waals surface area contributed by atoms with Gasteiger partial charge < -0.3 is 104 Å². The average Bonchev–Trinajstić information content (AvgIpc) is 3.73. The van der Waals surface area contributed by atoms with Crippen molar-refractivity contribution in [1.29, 1.82) is 0 Å². The molecule has 0 bridgehead atoms. The van der Waals surface area contributed by atoms with Crippen LogP contribution in [-0.2, 0) is 33.2 Å². The predicted octanol–water partition coefficient (Wildman–Crippen LogP) is -9.02. The van der Waals surface area contributed by atoms with Crippen LogP contribution in [0.2, 0.25) is 0 Å². The van der Waals surface area contributed by atoms with Gasteiger partial charge in [0.15, 0.2) is 18.9 Å². The van der Waals surface area contributed by atoms with Crippen molar-refractivity contribution in [3.8, 4) is 0 Å². The number of hydrogen-bond acceptors (Lipinski definition) is 20. The Morgan fingerprint density at radius 2 is 1.20 bits per heavy atom. The normalized spacial score (nSPS) is 50.8. The van der Waals surface area contributed by atoms with Gasteiger partial charge in [0.05, 0.1) is 24.2 Å². The van der Waals surface area contributed by atoms with Crippen molar-refractivity contribution in [3.05, 3.63) is 0 Å². The maximum absolute atomic E-state index is 12.8. The van der Waals surface area contributed by atoms with Crippen molar-refractivity contribution in [3.63, 3.8) is 0 Å². The van der Waals surface area contributed by atoms with Crippen LogP contribution in [0.4, 0.5) is 0 Å². The van der Waals surface area contributed by atoms with Crippen LogP contribution < -0.4 is 45.0 Å². The van der Waals surface area contributed by atoms with Crippen LogP contribution in [0.3, 0.4) is 0 Å². The molecule has 1 aliphatic carbocycles. The SMILES string of the molecule is NC[C@@H]1O[C@H](O[C@H]2[C@@H](O)[C@H](O[C@@H]3[C@@H](O)[C@H](N)C[C@H](N)[C@H]3O[C@H]3O[C@H](CN)[C@@H](O)[C@H](O)[C@H]3N)O[C@@H]2CNC(=O)[C@@H]2CCCN2)[C@H](N)[C@@H](O)[C@@H]1O. The smallest absolute Gasteiger partial charge is 0.237 e. The molecule has 5 rings (SSSR count). The van der Waals surface area contributed by atoms with Gasteiger partial charge in [0, 0.05) is 31.7 Å².